The summed E-state index contributed by atoms with van der Waals surface area (Å²) in [4.78, 5) is 1.14. The second-order valence-corrected chi connectivity index (χ2v) is 5.81. The Bertz CT molecular complexity index is 617. The lowest BCUT2D eigenvalue weighted by Crippen LogP contribution is -2.32. The van der Waals surface area contributed by atoms with Crippen molar-refractivity contribution in [1.29, 1.82) is 0 Å². The Balaban J connectivity index is 2.10. The van der Waals surface area contributed by atoms with E-state index in [0.717, 1.165) is 10.5 Å². The molecule has 104 valence electrons. The zero-order valence-corrected chi connectivity index (χ0v) is 12.2. The number of aryl methyl sites for hydroxylation is 2. The van der Waals surface area contributed by atoms with Gasteiger partial charge in [0.2, 0.25) is 0 Å². The molecule has 0 aliphatic carbocycles. The second-order valence-electron chi connectivity index (χ2n) is 4.76. The lowest BCUT2D eigenvalue weighted by molar-refractivity contribution is 0.423. The van der Waals surface area contributed by atoms with Crippen LogP contribution in [-0.4, -0.2) is 17.2 Å². The van der Waals surface area contributed by atoms with Crippen LogP contribution in [0.2, 0.25) is 0 Å². The summed E-state index contributed by atoms with van der Waals surface area (Å²) in [6.07, 6.45) is 0. The highest BCUT2D eigenvalue weighted by molar-refractivity contribution is 7.98. The van der Waals surface area contributed by atoms with Crippen molar-refractivity contribution < 1.29 is 14.4 Å². The fraction of sp³-hybridized carbons (Fsp3) is 0.200. The van der Waals surface area contributed by atoms with Gasteiger partial charge < -0.3 is 10.0 Å². The van der Waals surface area contributed by atoms with Crippen molar-refractivity contribution in [2.24, 2.45) is 0 Å². The third-order valence-electron chi connectivity index (χ3n) is 3.22. The molecule has 0 radical (unpaired) electrons. The first-order valence-corrected chi connectivity index (χ1v) is 7.30. The minimum Gasteiger partial charge on any atom is -0.423 e. The third-order valence-corrected chi connectivity index (χ3v) is 4.29. The topological polar surface area (TPSA) is 40.5 Å². The molecule has 20 heavy (non-hydrogen) atoms. The van der Waals surface area contributed by atoms with Crippen molar-refractivity contribution in [2.75, 3.05) is 0 Å². The van der Waals surface area contributed by atoms with Crippen molar-refractivity contribution >= 4 is 24.3 Å². The fourth-order valence-electron chi connectivity index (χ4n) is 1.85. The molecule has 2 N–H and O–H groups in total. The van der Waals surface area contributed by atoms with Gasteiger partial charge in [-0.15, -0.1) is 11.8 Å². The molecule has 0 unspecified atom stereocenters. The lowest BCUT2D eigenvalue weighted by Gasteiger charge is -2.07. The van der Waals surface area contributed by atoms with Crippen LogP contribution in [0.4, 0.5) is 4.39 Å². The van der Waals surface area contributed by atoms with E-state index < -0.39 is 12.9 Å². The minimum atomic E-state index is -1.78. The molecule has 2 nitrogen and oxygen atoms in total. The number of hydrogen-bond donors (Lipinski definition) is 2. The molecule has 0 atom stereocenters. The predicted molar refractivity (Wildman–Crippen MR) is 81.7 cm³/mol. The summed E-state index contributed by atoms with van der Waals surface area (Å²) in [5, 5.41) is 18.2. The Morgan fingerprint density at radius 2 is 1.80 bits per heavy atom. The van der Waals surface area contributed by atoms with Crippen molar-refractivity contribution in [1.82, 2.24) is 0 Å². The molecule has 0 saturated carbocycles. The van der Waals surface area contributed by atoms with Gasteiger partial charge in [0.25, 0.3) is 0 Å². The van der Waals surface area contributed by atoms with Crippen LogP contribution in [0.15, 0.2) is 41.3 Å². The highest BCUT2D eigenvalue weighted by atomic mass is 32.2. The van der Waals surface area contributed by atoms with Crippen LogP contribution in [0.5, 0.6) is 0 Å². The van der Waals surface area contributed by atoms with Crippen molar-refractivity contribution in [2.45, 2.75) is 24.5 Å². The minimum absolute atomic E-state index is 0.0804. The largest absolute Gasteiger partial charge is 0.491 e. The third kappa shape index (κ3) is 3.63. The Hall–Kier alpha value is -1.30. The summed E-state index contributed by atoms with van der Waals surface area (Å²) in [6.45, 7) is 4.14. The molecule has 2 aromatic rings. The summed E-state index contributed by atoms with van der Waals surface area (Å²) < 4.78 is 13.4. The highest BCUT2D eigenvalue weighted by Gasteiger charge is 2.16. The molecular weight excluding hydrogens is 274 g/mol. The summed E-state index contributed by atoms with van der Waals surface area (Å²) in [5.41, 5.74) is 3.27. The first kappa shape index (κ1) is 15.1. The van der Waals surface area contributed by atoms with E-state index in [1.165, 1.54) is 23.3 Å². The average molecular weight is 290 g/mol. The molecule has 2 rings (SSSR count). The van der Waals surface area contributed by atoms with E-state index in [9.17, 15) is 4.39 Å². The Morgan fingerprint density at radius 3 is 2.45 bits per heavy atom. The maximum Gasteiger partial charge on any atom is 0.491 e. The summed E-state index contributed by atoms with van der Waals surface area (Å²) in [5.74, 6) is 0.0580. The van der Waals surface area contributed by atoms with Gasteiger partial charge in [0.05, 0.1) is 0 Å². The van der Waals surface area contributed by atoms with Gasteiger partial charge >= 0.3 is 7.12 Å². The summed E-state index contributed by atoms with van der Waals surface area (Å²) in [6, 6.07) is 10.7. The average Bonchev–Trinajstić information content (AvgIpc) is 2.41. The number of benzene rings is 2. The molecule has 0 bridgehead atoms. The monoisotopic (exact) mass is 290 g/mol. The molecule has 2 aromatic carbocycles. The van der Waals surface area contributed by atoms with Gasteiger partial charge in [-0.2, -0.15) is 0 Å². The van der Waals surface area contributed by atoms with Crippen LogP contribution in [0.1, 0.15) is 16.7 Å². The Morgan fingerprint density at radius 1 is 1.05 bits per heavy atom. The van der Waals surface area contributed by atoms with Crippen LogP contribution in [-0.2, 0) is 5.75 Å². The zero-order chi connectivity index (χ0) is 14.7. The van der Waals surface area contributed by atoms with Crippen LogP contribution in [0, 0.1) is 19.7 Å². The van der Waals surface area contributed by atoms with Crippen molar-refractivity contribution in [3.8, 4) is 0 Å². The van der Waals surface area contributed by atoms with Gasteiger partial charge in [0.15, 0.2) is 0 Å². The maximum absolute atomic E-state index is 13.4. The van der Waals surface area contributed by atoms with Gasteiger partial charge in [-0.3, -0.25) is 0 Å². The molecule has 0 amide bonds. The smallest absolute Gasteiger partial charge is 0.423 e. The van der Waals surface area contributed by atoms with E-state index in [1.54, 1.807) is 17.8 Å². The molecule has 0 aliphatic heterocycles. The van der Waals surface area contributed by atoms with E-state index in [0.29, 0.717) is 5.75 Å². The van der Waals surface area contributed by atoms with Crippen LogP contribution >= 0.6 is 11.8 Å². The number of halogens is 1. The molecule has 0 saturated heterocycles. The molecule has 5 heteroatoms. The number of thioether (sulfide) groups is 1. The maximum atomic E-state index is 13.4. The van der Waals surface area contributed by atoms with Crippen LogP contribution in [0.3, 0.4) is 0 Å². The molecule has 0 heterocycles. The van der Waals surface area contributed by atoms with Gasteiger partial charge in [-0.25, -0.2) is 4.39 Å². The van der Waals surface area contributed by atoms with Crippen LogP contribution < -0.4 is 5.46 Å². The van der Waals surface area contributed by atoms with Gasteiger partial charge in [-0.1, -0.05) is 18.2 Å². The fourth-order valence-corrected chi connectivity index (χ4v) is 2.79. The first-order valence-electron chi connectivity index (χ1n) is 6.32. The van der Waals surface area contributed by atoms with Crippen molar-refractivity contribution in [3.05, 3.63) is 58.9 Å². The second kappa shape index (κ2) is 6.44. The molecular formula is C15H16BFO2S. The van der Waals surface area contributed by atoms with Gasteiger partial charge in [0.1, 0.15) is 5.82 Å². The first-order chi connectivity index (χ1) is 9.47. The number of hydrogen-bond acceptors (Lipinski definition) is 3. The van der Waals surface area contributed by atoms with Crippen molar-refractivity contribution in [3.63, 3.8) is 0 Å². The van der Waals surface area contributed by atoms with E-state index in [4.69, 9.17) is 10.0 Å². The van der Waals surface area contributed by atoms with E-state index >= 15 is 0 Å². The quantitative estimate of drug-likeness (QED) is 0.671. The molecule has 0 spiro atoms. The van der Waals surface area contributed by atoms with E-state index in [2.05, 4.69) is 32.0 Å². The van der Waals surface area contributed by atoms with Gasteiger partial charge in [0, 0.05) is 16.1 Å². The Labute approximate surface area is 122 Å². The van der Waals surface area contributed by atoms with Crippen LogP contribution in [0.25, 0.3) is 0 Å². The highest BCUT2D eigenvalue weighted by Crippen LogP contribution is 2.24. The predicted octanol–water partition coefficient (Wildman–Crippen LogP) is 2.41. The SMILES string of the molecule is Cc1ccc(SCc2ccc(F)c(B(O)O)c2)cc1C. The molecule has 0 aromatic heterocycles. The summed E-state index contributed by atoms with van der Waals surface area (Å²) in [7, 11) is -1.78. The molecule has 0 aliphatic rings. The summed E-state index contributed by atoms with van der Waals surface area (Å²) >= 11 is 1.64. The zero-order valence-electron chi connectivity index (χ0n) is 11.4. The lowest BCUT2D eigenvalue weighted by atomic mass is 9.79. The number of rotatable bonds is 4. The van der Waals surface area contributed by atoms with E-state index in [-0.39, 0.29) is 5.46 Å². The van der Waals surface area contributed by atoms with E-state index in [1.807, 2.05) is 0 Å². The standard InChI is InChI=1S/C15H16BFO2S/c1-10-3-5-13(7-11(10)2)20-9-12-4-6-15(17)14(8-12)16(18)19/h3-8,18-19H,9H2,1-2H3. The molecule has 0 fully saturated rings. The van der Waals surface area contributed by atoms with Gasteiger partial charge in [-0.05, 0) is 48.7 Å². The Kier molecular flexibility index (Phi) is 4.86. The normalized spacial score (nSPS) is 10.7.